The standard InChI is InChI=1S/C5H5BrClF3O/c6-5(9,10)4(7,8)2-1-3-11/h1-2,11H,3H2/b2-1+. The molecule has 0 aromatic carbocycles. The highest BCUT2D eigenvalue weighted by Gasteiger charge is 2.49. The Hall–Kier alpha value is 0.260. The van der Waals surface area contributed by atoms with E-state index in [1.807, 2.05) is 0 Å². The average molecular weight is 253 g/mol. The highest BCUT2D eigenvalue weighted by molar-refractivity contribution is 9.10. The molecular weight excluding hydrogens is 248 g/mol. The maximum absolute atomic E-state index is 12.6. The Morgan fingerprint density at radius 1 is 1.45 bits per heavy atom. The van der Waals surface area contributed by atoms with Crippen molar-refractivity contribution in [3.05, 3.63) is 12.2 Å². The summed E-state index contributed by atoms with van der Waals surface area (Å²) in [4.78, 5) is -3.84. The fourth-order valence-corrected chi connectivity index (χ4v) is 0.516. The Morgan fingerprint density at radius 2 is 1.91 bits per heavy atom. The molecule has 0 spiro atoms. The number of alkyl halides is 5. The van der Waals surface area contributed by atoms with E-state index < -0.39 is 16.6 Å². The fraction of sp³-hybridized carbons (Fsp3) is 0.600. The zero-order valence-corrected chi connectivity index (χ0v) is 7.54. The van der Waals surface area contributed by atoms with E-state index in [9.17, 15) is 13.2 Å². The number of allylic oxidation sites excluding steroid dienone is 1. The predicted molar refractivity (Wildman–Crippen MR) is 39.8 cm³/mol. The van der Waals surface area contributed by atoms with Gasteiger partial charge in [-0.05, 0) is 22.0 Å². The highest BCUT2D eigenvalue weighted by atomic mass is 79.9. The quantitative estimate of drug-likeness (QED) is 0.605. The molecule has 0 fully saturated rings. The second kappa shape index (κ2) is 3.78. The van der Waals surface area contributed by atoms with E-state index in [0.29, 0.717) is 6.08 Å². The van der Waals surface area contributed by atoms with Gasteiger partial charge in [-0.15, -0.1) is 0 Å². The lowest BCUT2D eigenvalue weighted by Crippen LogP contribution is -2.31. The van der Waals surface area contributed by atoms with Crippen LogP contribution in [0, 0.1) is 0 Å². The van der Waals surface area contributed by atoms with Gasteiger partial charge in [0, 0.05) is 0 Å². The van der Waals surface area contributed by atoms with Crippen molar-refractivity contribution in [1.82, 2.24) is 0 Å². The molecule has 0 aliphatic heterocycles. The predicted octanol–water partition coefficient (Wildman–Crippen LogP) is 2.43. The molecule has 0 rings (SSSR count). The van der Waals surface area contributed by atoms with Gasteiger partial charge in [0.05, 0.1) is 6.61 Å². The molecule has 1 unspecified atom stereocenters. The van der Waals surface area contributed by atoms with Crippen molar-refractivity contribution in [1.29, 1.82) is 0 Å². The summed E-state index contributed by atoms with van der Waals surface area (Å²) in [5, 5.41) is 4.83. The lowest BCUT2D eigenvalue weighted by molar-refractivity contribution is 0.0216. The van der Waals surface area contributed by atoms with Gasteiger partial charge in [0.1, 0.15) is 0 Å². The number of hydrogen-bond donors (Lipinski definition) is 1. The molecule has 0 amide bonds. The van der Waals surface area contributed by atoms with Gasteiger partial charge in [0.15, 0.2) is 0 Å². The fourth-order valence-electron chi connectivity index (χ4n) is 0.295. The molecule has 0 aliphatic carbocycles. The van der Waals surface area contributed by atoms with Gasteiger partial charge in [-0.25, -0.2) is 4.39 Å². The molecule has 6 heteroatoms. The molecular formula is C5H5BrClF3O. The summed E-state index contributed by atoms with van der Waals surface area (Å²) in [7, 11) is 0. The Morgan fingerprint density at radius 3 is 2.18 bits per heavy atom. The van der Waals surface area contributed by atoms with Crippen LogP contribution in [0.4, 0.5) is 13.2 Å². The minimum absolute atomic E-state index is 0.378. The minimum atomic E-state index is -3.84. The van der Waals surface area contributed by atoms with Gasteiger partial charge in [-0.3, -0.25) is 0 Å². The Kier molecular flexibility index (Phi) is 3.87. The van der Waals surface area contributed by atoms with E-state index in [-0.39, 0.29) is 0 Å². The van der Waals surface area contributed by atoms with E-state index in [4.69, 9.17) is 16.7 Å². The van der Waals surface area contributed by atoms with Crippen LogP contribution in [-0.4, -0.2) is 21.7 Å². The van der Waals surface area contributed by atoms with Gasteiger partial charge in [-0.1, -0.05) is 17.7 Å². The summed E-state index contributed by atoms with van der Waals surface area (Å²) >= 11 is 6.49. The summed E-state index contributed by atoms with van der Waals surface area (Å²) in [5.41, 5.74) is 0. The monoisotopic (exact) mass is 252 g/mol. The van der Waals surface area contributed by atoms with Crippen LogP contribution >= 0.6 is 27.5 Å². The summed E-state index contributed by atoms with van der Waals surface area (Å²) in [6, 6.07) is 0. The normalized spacial score (nSPS) is 18.7. The Bertz CT molecular complexity index is 154. The Labute approximate surface area is 75.0 Å². The molecule has 0 aromatic heterocycles. The molecule has 0 aromatic rings. The van der Waals surface area contributed by atoms with Crippen LogP contribution in [0.3, 0.4) is 0 Å². The molecule has 0 aliphatic rings. The zero-order valence-electron chi connectivity index (χ0n) is 5.20. The first-order valence-corrected chi connectivity index (χ1v) is 3.71. The van der Waals surface area contributed by atoms with Crippen molar-refractivity contribution in [2.45, 2.75) is 9.96 Å². The van der Waals surface area contributed by atoms with Gasteiger partial charge >= 0.3 is 4.83 Å². The SMILES string of the molecule is OC/C=C/C(F)(Cl)C(F)(F)Br. The Balaban J connectivity index is 4.34. The minimum Gasteiger partial charge on any atom is -0.392 e. The maximum atomic E-state index is 12.6. The molecule has 0 saturated heterocycles. The largest absolute Gasteiger partial charge is 0.392 e. The first-order chi connectivity index (χ1) is 4.81. The molecule has 1 nitrogen and oxygen atoms in total. The van der Waals surface area contributed by atoms with E-state index in [0.717, 1.165) is 6.08 Å². The molecule has 0 saturated carbocycles. The van der Waals surface area contributed by atoms with Gasteiger partial charge < -0.3 is 5.11 Å². The van der Waals surface area contributed by atoms with Crippen molar-refractivity contribution >= 4 is 27.5 Å². The van der Waals surface area contributed by atoms with Crippen LogP contribution in [0.1, 0.15) is 0 Å². The summed E-state index contributed by atoms with van der Waals surface area (Å²) in [6.07, 6.45) is 1.17. The first kappa shape index (κ1) is 11.3. The zero-order chi connectivity index (χ0) is 9.12. The molecule has 1 atom stereocenters. The number of hydrogen-bond acceptors (Lipinski definition) is 1. The van der Waals surface area contributed by atoms with E-state index >= 15 is 0 Å². The molecule has 0 heterocycles. The summed E-state index contributed by atoms with van der Waals surface area (Å²) < 4.78 is 36.8. The second-order valence-electron chi connectivity index (χ2n) is 1.71. The number of aliphatic hydroxyl groups is 1. The highest BCUT2D eigenvalue weighted by Crippen LogP contribution is 2.42. The third-order valence-electron chi connectivity index (χ3n) is 0.811. The van der Waals surface area contributed by atoms with Crippen LogP contribution in [0.5, 0.6) is 0 Å². The number of halogens is 5. The van der Waals surface area contributed by atoms with Crippen molar-refractivity contribution in [3.63, 3.8) is 0 Å². The van der Waals surface area contributed by atoms with Crippen LogP contribution in [0.2, 0.25) is 0 Å². The van der Waals surface area contributed by atoms with E-state index in [1.165, 1.54) is 0 Å². The number of rotatable bonds is 3. The van der Waals surface area contributed by atoms with Crippen LogP contribution in [0.25, 0.3) is 0 Å². The molecule has 66 valence electrons. The van der Waals surface area contributed by atoms with E-state index in [2.05, 4.69) is 0 Å². The van der Waals surface area contributed by atoms with Crippen molar-refractivity contribution < 1.29 is 18.3 Å². The third kappa shape index (κ3) is 3.44. The van der Waals surface area contributed by atoms with E-state index in [1.54, 1.807) is 15.9 Å². The van der Waals surface area contributed by atoms with Gasteiger partial charge in [0.25, 0.3) is 5.13 Å². The summed E-state index contributed by atoms with van der Waals surface area (Å²) in [6.45, 7) is -0.540. The topological polar surface area (TPSA) is 20.2 Å². The van der Waals surface area contributed by atoms with Crippen molar-refractivity contribution in [2.75, 3.05) is 6.61 Å². The van der Waals surface area contributed by atoms with Crippen LogP contribution in [0.15, 0.2) is 12.2 Å². The summed E-state index contributed by atoms with van der Waals surface area (Å²) in [5.74, 6) is 0. The van der Waals surface area contributed by atoms with Crippen molar-refractivity contribution in [3.8, 4) is 0 Å². The third-order valence-corrected chi connectivity index (χ3v) is 1.98. The smallest absolute Gasteiger partial charge is 0.352 e. The van der Waals surface area contributed by atoms with Crippen LogP contribution < -0.4 is 0 Å². The second-order valence-corrected chi connectivity index (χ2v) is 3.25. The lowest BCUT2D eigenvalue weighted by atomic mass is 10.3. The molecule has 0 radical (unpaired) electrons. The molecule has 0 bridgehead atoms. The first-order valence-electron chi connectivity index (χ1n) is 2.54. The van der Waals surface area contributed by atoms with Crippen LogP contribution in [-0.2, 0) is 0 Å². The lowest BCUT2D eigenvalue weighted by Gasteiger charge is -2.18. The average Bonchev–Trinajstić information content (AvgIpc) is 1.81. The van der Waals surface area contributed by atoms with Gasteiger partial charge in [-0.2, -0.15) is 8.78 Å². The van der Waals surface area contributed by atoms with Crippen molar-refractivity contribution in [2.24, 2.45) is 0 Å². The number of aliphatic hydroxyl groups excluding tert-OH is 1. The molecule has 11 heavy (non-hydrogen) atoms. The van der Waals surface area contributed by atoms with Gasteiger partial charge in [0.2, 0.25) is 0 Å². The maximum Gasteiger partial charge on any atom is 0.352 e. The molecule has 1 N–H and O–H groups in total.